The highest BCUT2D eigenvalue weighted by atomic mass is 15.4. The minimum Gasteiger partial charge on any atom is -0.370 e. The Morgan fingerprint density at radius 1 is 1.33 bits per heavy atom. The summed E-state index contributed by atoms with van der Waals surface area (Å²) >= 11 is 0. The molecule has 3 heterocycles. The van der Waals surface area contributed by atoms with Crippen molar-refractivity contribution >= 4 is 5.82 Å². The molecule has 1 atom stereocenters. The number of pyridine rings is 1. The Morgan fingerprint density at radius 3 is 3.20 bits per heavy atom. The summed E-state index contributed by atoms with van der Waals surface area (Å²) in [6, 6.07) is 6.40. The molecule has 76 valence electrons. The van der Waals surface area contributed by atoms with Crippen molar-refractivity contribution in [2.24, 2.45) is 0 Å². The topological polar surface area (TPSA) is 42.7 Å². The van der Waals surface area contributed by atoms with Gasteiger partial charge in [-0.25, -0.2) is 4.68 Å². The van der Waals surface area contributed by atoms with E-state index < -0.39 is 0 Å². The number of aromatic nitrogens is 3. The second kappa shape index (κ2) is 3.38. The van der Waals surface area contributed by atoms with Gasteiger partial charge in [-0.3, -0.25) is 4.98 Å². The predicted octanol–water partition coefficient (Wildman–Crippen LogP) is 1.68. The molecule has 1 N–H and O–H groups in total. The first-order valence-electron chi connectivity index (χ1n) is 5.12. The monoisotopic (exact) mass is 200 g/mol. The van der Waals surface area contributed by atoms with Crippen molar-refractivity contribution < 1.29 is 0 Å². The highest BCUT2D eigenvalue weighted by Crippen LogP contribution is 2.27. The van der Waals surface area contributed by atoms with Crippen molar-refractivity contribution in [3.63, 3.8) is 0 Å². The quantitative estimate of drug-likeness (QED) is 0.761. The van der Waals surface area contributed by atoms with Gasteiger partial charge in [0.1, 0.15) is 5.82 Å². The summed E-state index contributed by atoms with van der Waals surface area (Å²) in [6.07, 6.45) is 6.60. The van der Waals surface area contributed by atoms with Gasteiger partial charge in [-0.2, -0.15) is 5.10 Å². The highest BCUT2D eigenvalue weighted by molar-refractivity contribution is 5.38. The standard InChI is InChI=1S/C11H12N4/c1-2-9(8-12-5-1)10-3-6-13-11-4-7-14-15(10)11/h1-2,4-5,7-8,10,13H,3,6H2. The van der Waals surface area contributed by atoms with Gasteiger partial charge in [0.05, 0.1) is 12.2 Å². The smallest absolute Gasteiger partial charge is 0.124 e. The largest absolute Gasteiger partial charge is 0.370 e. The van der Waals surface area contributed by atoms with Gasteiger partial charge in [0.15, 0.2) is 0 Å². The first-order chi connectivity index (χ1) is 7.45. The molecular weight excluding hydrogens is 188 g/mol. The Morgan fingerprint density at radius 2 is 2.33 bits per heavy atom. The summed E-state index contributed by atoms with van der Waals surface area (Å²) in [5.74, 6) is 1.09. The van der Waals surface area contributed by atoms with Gasteiger partial charge >= 0.3 is 0 Å². The molecule has 2 aromatic rings. The average Bonchev–Trinajstić information content (AvgIpc) is 2.78. The fourth-order valence-corrected chi connectivity index (χ4v) is 2.04. The van der Waals surface area contributed by atoms with Gasteiger partial charge < -0.3 is 5.32 Å². The molecular formula is C11H12N4. The van der Waals surface area contributed by atoms with Crippen LogP contribution in [-0.4, -0.2) is 21.3 Å². The Labute approximate surface area is 88.0 Å². The van der Waals surface area contributed by atoms with Crippen molar-refractivity contribution in [3.8, 4) is 0 Å². The highest BCUT2D eigenvalue weighted by Gasteiger charge is 2.20. The van der Waals surface area contributed by atoms with E-state index in [2.05, 4.69) is 21.5 Å². The van der Waals surface area contributed by atoms with Crippen LogP contribution in [0.15, 0.2) is 36.8 Å². The van der Waals surface area contributed by atoms with E-state index in [0.717, 1.165) is 18.8 Å². The summed E-state index contributed by atoms with van der Waals surface area (Å²) < 4.78 is 2.03. The second-order valence-corrected chi connectivity index (χ2v) is 3.68. The van der Waals surface area contributed by atoms with E-state index in [-0.39, 0.29) is 0 Å². The number of nitrogens with zero attached hydrogens (tertiary/aromatic N) is 3. The SMILES string of the molecule is c1cncc(C2CCNc3ccnn32)c1. The predicted molar refractivity (Wildman–Crippen MR) is 57.7 cm³/mol. The number of hydrogen-bond acceptors (Lipinski definition) is 3. The van der Waals surface area contributed by atoms with E-state index in [1.54, 1.807) is 6.20 Å². The van der Waals surface area contributed by atoms with Crippen molar-refractivity contribution in [1.82, 2.24) is 14.8 Å². The third-order valence-corrected chi connectivity index (χ3v) is 2.76. The lowest BCUT2D eigenvalue weighted by Gasteiger charge is -2.25. The van der Waals surface area contributed by atoms with E-state index >= 15 is 0 Å². The number of anilines is 1. The second-order valence-electron chi connectivity index (χ2n) is 3.68. The molecule has 0 saturated heterocycles. The molecule has 0 saturated carbocycles. The Balaban J connectivity index is 2.03. The molecule has 0 amide bonds. The molecule has 3 rings (SSSR count). The van der Waals surface area contributed by atoms with Crippen LogP contribution in [0, 0.1) is 0 Å². The van der Waals surface area contributed by atoms with Gasteiger partial charge in [-0.1, -0.05) is 6.07 Å². The van der Waals surface area contributed by atoms with E-state index in [4.69, 9.17) is 0 Å². The van der Waals surface area contributed by atoms with Crippen LogP contribution < -0.4 is 5.32 Å². The van der Waals surface area contributed by atoms with E-state index in [0.29, 0.717) is 6.04 Å². The Hall–Kier alpha value is -1.84. The van der Waals surface area contributed by atoms with Crippen LogP contribution in [0.1, 0.15) is 18.0 Å². The van der Waals surface area contributed by atoms with Gasteiger partial charge in [0, 0.05) is 25.0 Å². The molecule has 1 aliphatic rings. The van der Waals surface area contributed by atoms with E-state index in [1.165, 1.54) is 5.56 Å². The number of rotatable bonds is 1. The first kappa shape index (κ1) is 8.47. The van der Waals surface area contributed by atoms with E-state index in [9.17, 15) is 0 Å². The normalized spacial score (nSPS) is 19.3. The zero-order valence-electron chi connectivity index (χ0n) is 8.30. The lowest BCUT2D eigenvalue weighted by atomic mass is 10.0. The zero-order chi connectivity index (χ0) is 10.1. The molecule has 4 heteroatoms. The third kappa shape index (κ3) is 1.38. The van der Waals surface area contributed by atoms with Crippen LogP contribution >= 0.6 is 0 Å². The first-order valence-corrected chi connectivity index (χ1v) is 5.12. The maximum Gasteiger partial charge on any atom is 0.124 e. The van der Waals surface area contributed by atoms with Gasteiger partial charge in [0.2, 0.25) is 0 Å². The van der Waals surface area contributed by atoms with Crippen LogP contribution in [0.3, 0.4) is 0 Å². The van der Waals surface area contributed by atoms with Crippen LogP contribution in [0.5, 0.6) is 0 Å². The van der Waals surface area contributed by atoms with Crippen molar-refractivity contribution in [2.45, 2.75) is 12.5 Å². The molecule has 0 aromatic carbocycles. The number of fused-ring (bicyclic) bond motifs is 1. The van der Waals surface area contributed by atoms with Gasteiger partial charge in [-0.05, 0) is 18.1 Å². The molecule has 0 bridgehead atoms. The van der Waals surface area contributed by atoms with Crippen LogP contribution in [0.25, 0.3) is 0 Å². The molecule has 2 aromatic heterocycles. The molecule has 4 nitrogen and oxygen atoms in total. The number of nitrogens with one attached hydrogen (secondary N) is 1. The van der Waals surface area contributed by atoms with Crippen molar-refractivity contribution in [1.29, 1.82) is 0 Å². The van der Waals surface area contributed by atoms with Crippen LogP contribution in [0.2, 0.25) is 0 Å². The van der Waals surface area contributed by atoms with Crippen LogP contribution in [-0.2, 0) is 0 Å². The Bertz CT molecular complexity index is 449. The fourth-order valence-electron chi connectivity index (χ4n) is 2.04. The molecule has 0 fully saturated rings. The molecule has 1 unspecified atom stereocenters. The molecule has 1 aliphatic heterocycles. The van der Waals surface area contributed by atoms with Gasteiger partial charge in [-0.15, -0.1) is 0 Å². The maximum atomic E-state index is 4.34. The summed E-state index contributed by atoms with van der Waals surface area (Å²) in [5, 5.41) is 7.66. The third-order valence-electron chi connectivity index (χ3n) is 2.76. The fraction of sp³-hybridized carbons (Fsp3) is 0.273. The molecule has 0 radical (unpaired) electrons. The number of hydrogen-bond donors (Lipinski definition) is 1. The summed E-state index contributed by atoms with van der Waals surface area (Å²) in [7, 11) is 0. The summed E-state index contributed by atoms with van der Waals surface area (Å²) in [5.41, 5.74) is 1.23. The average molecular weight is 200 g/mol. The lowest BCUT2D eigenvalue weighted by molar-refractivity contribution is 0.481. The molecule has 0 aliphatic carbocycles. The minimum atomic E-state index is 0.324. The molecule has 0 spiro atoms. The van der Waals surface area contributed by atoms with Gasteiger partial charge in [0.25, 0.3) is 0 Å². The summed E-state index contributed by atoms with van der Waals surface area (Å²) in [6.45, 7) is 0.991. The van der Waals surface area contributed by atoms with Crippen molar-refractivity contribution in [2.75, 3.05) is 11.9 Å². The van der Waals surface area contributed by atoms with Crippen LogP contribution in [0.4, 0.5) is 5.82 Å². The Kier molecular flexibility index (Phi) is 1.91. The summed E-state index contributed by atoms with van der Waals surface area (Å²) in [4.78, 5) is 4.16. The van der Waals surface area contributed by atoms with Crippen molar-refractivity contribution in [3.05, 3.63) is 42.4 Å². The molecule has 15 heavy (non-hydrogen) atoms. The lowest BCUT2D eigenvalue weighted by Crippen LogP contribution is -2.24. The zero-order valence-corrected chi connectivity index (χ0v) is 8.30. The minimum absolute atomic E-state index is 0.324. The van der Waals surface area contributed by atoms with E-state index in [1.807, 2.05) is 29.2 Å². The maximum absolute atomic E-state index is 4.34.